The predicted octanol–water partition coefficient (Wildman–Crippen LogP) is 5.09. The lowest BCUT2D eigenvalue weighted by Crippen LogP contribution is -2.42. The van der Waals surface area contributed by atoms with Crippen molar-refractivity contribution >= 4 is 18.0 Å². The van der Waals surface area contributed by atoms with Crippen LogP contribution in [-0.4, -0.2) is 50.2 Å². The highest BCUT2D eigenvalue weighted by Crippen LogP contribution is 2.29. The number of allylic oxidation sites excluding steroid dienone is 1. The van der Waals surface area contributed by atoms with Gasteiger partial charge in [-0.15, -0.1) is 0 Å². The first-order chi connectivity index (χ1) is 16.1. The summed E-state index contributed by atoms with van der Waals surface area (Å²) in [4.78, 5) is 26.5. The van der Waals surface area contributed by atoms with Gasteiger partial charge in [-0.25, -0.2) is 4.79 Å². The number of benzene rings is 3. The number of amides is 1. The van der Waals surface area contributed by atoms with Gasteiger partial charge in [0.05, 0.1) is 20.3 Å². The number of carbonyl (C=O) groups is 2. The molecular formula is C27H25NO5. The van der Waals surface area contributed by atoms with Crippen LogP contribution in [0, 0.1) is 0 Å². The zero-order valence-corrected chi connectivity index (χ0v) is 18.4. The third kappa shape index (κ3) is 5.67. The Hall–Kier alpha value is -3.90. The third-order valence-electron chi connectivity index (χ3n) is 5.36. The Labute approximate surface area is 193 Å². The molecule has 0 aliphatic carbocycles. The monoisotopic (exact) mass is 443 g/mol. The minimum atomic E-state index is -0.436. The van der Waals surface area contributed by atoms with Gasteiger partial charge in [0.25, 0.3) is 0 Å². The second-order valence-electron chi connectivity index (χ2n) is 7.52. The van der Waals surface area contributed by atoms with E-state index >= 15 is 0 Å². The molecule has 6 nitrogen and oxygen atoms in total. The highest BCUT2D eigenvalue weighted by molar-refractivity contribution is 6.07. The zero-order chi connectivity index (χ0) is 23.0. The van der Waals surface area contributed by atoms with Crippen molar-refractivity contribution in [2.75, 3.05) is 33.4 Å². The van der Waals surface area contributed by atoms with Gasteiger partial charge in [0, 0.05) is 18.7 Å². The van der Waals surface area contributed by atoms with E-state index in [-0.39, 0.29) is 5.78 Å². The molecule has 0 unspecified atom stereocenters. The average Bonchev–Trinajstić information content (AvgIpc) is 2.89. The molecule has 168 valence electrons. The van der Waals surface area contributed by atoms with Gasteiger partial charge in [0.1, 0.15) is 0 Å². The number of rotatable bonds is 6. The predicted molar refractivity (Wildman–Crippen MR) is 127 cm³/mol. The fourth-order valence-corrected chi connectivity index (χ4v) is 3.50. The van der Waals surface area contributed by atoms with E-state index in [4.69, 9.17) is 14.2 Å². The van der Waals surface area contributed by atoms with Gasteiger partial charge < -0.3 is 19.1 Å². The number of nitrogens with zero attached hydrogens (tertiary/aromatic N) is 1. The van der Waals surface area contributed by atoms with Crippen molar-refractivity contribution in [3.8, 4) is 22.6 Å². The van der Waals surface area contributed by atoms with Crippen LogP contribution in [0.5, 0.6) is 11.5 Å². The first kappa shape index (κ1) is 22.3. The summed E-state index contributed by atoms with van der Waals surface area (Å²) < 4.78 is 16.1. The molecule has 0 radical (unpaired) electrons. The molecule has 33 heavy (non-hydrogen) atoms. The molecule has 6 heteroatoms. The van der Waals surface area contributed by atoms with Crippen LogP contribution in [-0.2, 0) is 4.74 Å². The molecule has 0 aromatic heterocycles. The van der Waals surface area contributed by atoms with E-state index in [1.807, 2.05) is 54.6 Å². The summed E-state index contributed by atoms with van der Waals surface area (Å²) in [7, 11) is 1.51. The molecule has 0 atom stereocenters. The Bertz CT molecular complexity index is 1130. The van der Waals surface area contributed by atoms with E-state index < -0.39 is 6.09 Å². The maximum absolute atomic E-state index is 12.6. The smallest absolute Gasteiger partial charge is 0.415 e. The zero-order valence-electron chi connectivity index (χ0n) is 18.4. The number of ketones is 1. The van der Waals surface area contributed by atoms with Crippen molar-refractivity contribution in [1.82, 2.24) is 4.90 Å². The summed E-state index contributed by atoms with van der Waals surface area (Å²) in [6, 6.07) is 22.7. The highest BCUT2D eigenvalue weighted by Gasteiger charge is 2.20. The minimum Gasteiger partial charge on any atom is -0.493 e. The van der Waals surface area contributed by atoms with Crippen molar-refractivity contribution in [1.29, 1.82) is 0 Å². The third-order valence-corrected chi connectivity index (χ3v) is 5.36. The molecule has 3 aromatic carbocycles. The number of ether oxygens (including phenoxy) is 3. The largest absolute Gasteiger partial charge is 0.493 e. The van der Waals surface area contributed by atoms with Crippen LogP contribution in [0.25, 0.3) is 17.2 Å². The lowest BCUT2D eigenvalue weighted by molar-refractivity contribution is 0.0413. The van der Waals surface area contributed by atoms with Gasteiger partial charge in [-0.3, -0.25) is 4.79 Å². The summed E-state index contributed by atoms with van der Waals surface area (Å²) in [6.45, 7) is 1.99. The maximum atomic E-state index is 12.6. The standard InChI is InChI=1S/C27H25NO5/c1-31-26-19-20(8-14-25(26)33-27(30)28-15-17-32-18-16-28)7-13-24(29)23-11-9-22(10-12-23)21-5-3-2-4-6-21/h2-14,19H,15-18H2,1H3/b13-7+. The molecule has 4 rings (SSSR count). The van der Waals surface area contributed by atoms with Gasteiger partial charge in [-0.2, -0.15) is 0 Å². The van der Waals surface area contributed by atoms with Gasteiger partial charge in [0.15, 0.2) is 17.3 Å². The molecule has 0 saturated carbocycles. The molecule has 1 fully saturated rings. The van der Waals surface area contributed by atoms with Crippen LogP contribution in [0.3, 0.4) is 0 Å². The lowest BCUT2D eigenvalue weighted by atomic mass is 10.0. The van der Waals surface area contributed by atoms with E-state index in [0.29, 0.717) is 43.4 Å². The number of hydrogen-bond acceptors (Lipinski definition) is 5. The number of hydrogen-bond donors (Lipinski definition) is 0. The van der Waals surface area contributed by atoms with Crippen molar-refractivity contribution < 1.29 is 23.8 Å². The van der Waals surface area contributed by atoms with Crippen molar-refractivity contribution in [3.05, 3.63) is 90.0 Å². The van der Waals surface area contributed by atoms with Crippen LogP contribution < -0.4 is 9.47 Å². The molecule has 0 N–H and O–H groups in total. The van der Waals surface area contributed by atoms with Crippen molar-refractivity contribution in [2.45, 2.75) is 0 Å². The van der Waals surface area contributed by atoms with Crippen LogP contribution in [0.2, 0.25) is 0 Å². The Kier molecular flexibility index (Phi) is 7.17. The van der Waals surface area contributed by atoms with Crippen molar-refractivity contribution in [3.63, 3.8) is 0 Å². The van der Waals surface area contributed by atoms with E-state index in [2.05, 4.69) is 0 Å². The summed E-state index contributed by atoms with van der Waals surface area (Å²) in [5.74, 6) is 0.642. The average molecular weight is 443 g/mol. The molecule has 0 bridgehead atoms. The molecule has 1 aliphatic rings. The van der Waals surface area contributed by atoms with Crippen LogP contribution in [0.15, 0.2) is 78.9 Å². The van der Waals surface area contributed by atoms with E-state index in [9.17, 15) is 9.59 Å². The number of carbonyl (C=O) groups excluding carboxylic acids is 2. The Morgan fingerprint density at radius 2 is 1.58 bits per heavy atom. The topological polar surface area (TPSA) is 65.1 Å². The fraction of sp³-hybridized carbons (Fsp3) is 0.185. The van der Waals surface area contributed by atoms with Crippen LogP contribution >= 0.6 is 0 Å². The molecule has 1 heterocycles. The molecule has 3 aromatic rings. The second-order valence-corrected chi connectivity index (χ2v) is 7.52. The molecule has 1 aliphatic heterocycles. The fourth-order valence-electron chi connectivity index (χ4n) is 3.50. The summed E-state index contributed by atoms with van der Waals surface area (Å²) in [5.41, 5.74) is 3.53. The van der Waals surface area contributed by atoms with E-state index in [0.717, 1.165) is 16.7 Å². The molecule has 1 amide bonds. The summed E-state index contributed by atoms with van der Waals surface area (Å²) in [6.07, 6.45) is 2.80. The Morgan fingerprint density at radius 3 is 2.27 bits per heavy atom. The number of methoxy groups -OCH3 is 1. The quantitative estimate of drug-likeness (QED) is 0.392. The van der Waals surface area contributed by atoms with Crippen LogP contribution in [0.1, 0.15) is 15.9 Å². The summed E-state index contributed by atoms with van der Waals surface area (Å²) in [5, 5.41) is 0. The minimum absolute atomic E-state index is 0.101. The van der Waals surface area contributed by atoms with Crippen molar-refractivity contribution in [2.24, 2.45) is 0 Å². The first-order valence-electron chi connectivity index (χ1n) is 10.7. The molecule has 0 spiro atoms. The van der Waals surface area contributed by atoms with Crippen LogP contribution in [0.4, 0.5) is 4.79 Å². The van der Waals surface area contributed by atoms with E-state index in [1.54, 1.807) is 29.2 Å². The lowest BCUT2D eigenvalue weighted by Gasteiger charge is -2.26. The maximum Gasteiger partial charge on any atom is 0.415 e. The summed E-state index contributed by atoms with van der Waals surface area (Å²) >= 11 is 0. The van der Waals surface area contributed by atoms with Gasteiger partial charge >= 0.3 is 6.09 Å². The van der Waals surface area contributed by atoms with E-state index in [1.165, 1.54) is 13.2 Å². The molecule has 1 saturated heterocycles. The first-order valence-corrected chi connectivity index (χ1v) is 10.7. The number of morpholine rings is 1. The Morgan fingerprint density at radius 1 is 0.879 bits per heavy atom. The molecular weight excluding hydrogens is 418 g/mol. The second kappa shape index (κ2) is 10.6. The SMILES string of the molecule is COc1cc(/C=C/C(=O)c2ccc(-c3ccccc3)cc2)ccc1OC(=O)N1CCOCC1. The van der Waals surface area contributed by atoms with Gasteiger partial charge in [-0.05, 0) is 34.9 Å². The normalized spacial score (nSPS) is 13.7. The Balaban J connectivity index is 1.42. The van der Waals surface area contributed by atoms with Gasteiger partial charge in [-0.1, -0.05) is 66.7 Å². The van der Waals surface area contributed by atoms with Gasteiger partial charge in [0.2, 0.25) is 0 Å². The highest BCUT2D eigenvalue weighted by atomic mass is 16.6.